The molecule has 0 radical (unpaired) electrons. The van der Waals surface area contributed by atoms with Crippen LogP contribution >= 0.6 is 11.3 Å². The van der Waals surface area contributed by atoms with Crippen LogP contribution < -0.4 is 10.6 Å². The van der Waals surface area contributed by atoms with E-state index in [1.165, 1.54) is 17.5 Å². The second kappa shape index (κ2) is 7.91. The minimum Gasteiger partial charge on any atom is -0.389 e. The number of hydrogen-bond acceptors (Lipinski definition) is 8. The molecule has 26 heavy (non-hydrogen) atoms. The van der Waals surface area contributed by atoms with E-state index in [-0.39, 0.29) is 18.3 Å². The van der Waals surface area contributed by atoms with Crippen molar-refractivity contribution in [3.05, 3.63) is 23.2 Å². The van der Waals surface area contributed by atoms with Gasteiger partial charge in [0.15, 0.2) is 5.82 Å². The van der Waals surface area contributed by atoms with Crippen LogP contribution in [0.15, 0.2) is 12.4 Å². The predicted octanol–water partition coefficient (Wildman–Crippen LogP) is 1.77. The number of nitrogens with zero attached hydrogens (tertiary/aromatic N) is 3. The van der Waals surface area contributed by atoms with Gasteiger partial charge in [-0.1, -0.05) is 0 Å². The van der Waals surface area contributed by atoms with Crippen molar-refractivity contribution in [2.45, 2.75) is 37.3 Å². The minimum absolute atomic E-state index is 0.200. The molecule has 0 amide bonds. The SMILES string of the molecule is O[C@@H]1COCC[C@H]1Nc1ncc(F)c(-c2cnc(C3CCNCC3)s2)n1. The summed E-state index contributed by atoms with van der Waals surface area (Å²) in [6, 6.07) is -0.200. The molecule has 4 heterocycles. The number of nitrogens with one attached hydrogen (secondary N) is 2. The molecule has 2 aromatic rings. The average molecular weight is 379 g/mol. The Kier molecular flexibility index (Phi) is 5.39. The summed E-state index contributed by atoms with van der Waals surface area (Å²) < 4.78 is 19.5. The number of aromatic nitrogens is 3. The Bertz CT molecular complexity index is 753. The number of ether oxygens (including phenoxy) is 1. The van der Waals surface area contributed by atoms with Crippen LogP contribution in [0, 0.1) is 5.82 Å². The molecule has 3 N–H and O–H groups in total. The van der Waals surface area contributed by atoms with E-state index < -0.39 is 11.9 Å². The molecule has 0 aromatic carbocycles. The number of halogens is 1. The number of rotatable bonds is 4. The van der Waals surface area contributed by atoms with E-state index in [1.807, 2.05) is 0 Å². The fourth-order valence-corrected chi connectivity index (χ4v) is 4.40. The Balaban J connectivity index is 1.53. The van der Waals surface area contributed by atoms with Gasteiger partial charge in [0, 0.05) is 18.7 Å². The van der Waals surface area contributed by atoms with Crippen LogP contribution in [-0.2, 0) is 4.74 Å². The third kappa shape index (κ3) is 3.85. The van der Waals surface area contributed by atoms with Crippen molar-refractivity contribution in [1.82, 2.24) is 20.3 Å². The van der Waals surface area contributed by atoms with Crippen molar-refractivity contribution in [1.29, 1.82) is 0 Å². The van der Waals surface area contributed by atoms with Crippen LogP contribution in [-0.4, -0.2) is 58.5 Å². The van der Waals surface area contributed by atoms with E-state index in [1.54, 1.807) is 6.20 Å². The molecule has 4 rings (SSSR count). The number of aliphatic hydroxyl groups excluding tert-OH is 1. The van der Waals surface area contributed by atoms with Gasteiger partial charge in [0.1, 0.15) is 5.69 Å². The molecule has 2 aliphatic rings. The van der Waals surface area contributed by atoms with E-state index >= 15 is 0 Å². The van der Waals surface area contributed by atoms with E-state index in [0.29, 0.717) is 29.8 Å². The predicted molar refractivity (Wildman–Crippen MR) is 96.8 cm³/mol. The molecule has 2 saturated heterocycles. The van der Waals surface area contributed by atoms with Gasteiger partial charge in [-0.25, -0.2) is 19.3 Å². The molecule has 2 aromatic heterocycles. The maximum Gasteiger partial charge on any atom is 0.223 e. The summed E-state index contributed by atoms with van der Waals surface area (Å²) in [6.45, 7) is 2.82. The quantitative estimate of drug-likeness (QED) is 0.746. The third-order valence-corrected chi connectivity index (χ3v) is 6.00. The minimum atomic E-state index is -0.629. The zero-order valence-corrected chi connectivity index (χ0v) is 15.1. The van der Waals surface area contributed by atoms with Gasteiger partial charge >= 0.3 is 0 Å². The summed E-state index contributed by atoms with van der Waals surface area (Å²) in [7, 11) is 0. The topological polar surface area (TPSA) is 92.2 Å². The van der Waals surface area contributed by atoms with Gasteiger partial charge in [0.05, 0.1) is 34.8 Å². The number of piperidine rings is 1. The summed E-state index contributed by atoms with van der Waals surface area (Å²) in [4.78, 5) is 13.6. The van der Waals surface area contributed by atoms with Gasteiger partial charge in [-0.05, 0) is 32.4 Å². The van der Waals surface area contributed by atoms with Crippen LogP contribution in [0.2, 0.25) is 0 Å². The number of hydrogen-bond donors (Lipinski definition) is 3. The highest BCUT2D eigenvalue weighted by Gasteiger charge is 2.25. The molecule has 2 atom stereocenters. The first-order valence-electron chi connectivity index (χ1n) is 8.92. The lowest BCUT2D eigenvalue weighted by Crippen LogP contribution is -2.42. The molecule has 0 aliphatic carbocycles. The molecule has 140 valence electrons. The second-order valence-electron chi connectivity index (χ2n) is 6.66. The molecule has 2 aliphatic heterocycles. The number of thiazole rings is 1. The Morgan fingerprint density at radius 3 is 2.88 bits per heavy atom. The van der Waals surface area contributed by atoms with Crippen molar-refractivity contribution in [3.8, 4) is 10.6 Å². The molecule has 0 saturated carbocycles. The number of anilines is 1. The molecule has 7 nitrogen and oxygen atoms in total. The van der Waals surface area contributed by atoms with Crippen LogP contribution in [0.3, 0.4) is 0 Å². The molecule has 9 heteroatoms. The fraction of sp³-hybridized carbons (Fsp3) is 0.588. The fourth-order valence-electron chi connectivity index (χ4n) is 3.32. The van der Waals surface area contributed by atoms with E-state index in [2.05, 4.69) is 25.6 Å². The first-order chi connectivity index (χ1) is 12.7. The summed E-state index contributed by atoms with van der Waals surface area (Å²) in [5.74, 6) is 0.266. The summed E-state index contributed by atoms with van der Waals surface area (Å²) in [5, 5.41) is 17.5. The lowest BCUT2D eigenvalue weighted by atomic mass is 9.99. The Morgan fingerprint density at radius 2 is 2.08 bits per heavy atom. The summed E-state index contributed by atoms with van der Waals surface area (Å²) >= 11 is 1.50. The maximum absolute atomic E-state index is 14.3. The van der Waals surface area contributed by atoms with E-state index in [0.717, 1.165) is 30.9 Å². The van der Waals surface area contributed by atoms with Crippen LogP contribution in [0.5, 0.6) is 0 Å². The highest BCUT2D eigenvalue weighted by molar-refractivity contribution is 7.15. The zero-order chi connectivity index (χ0) is 17.9. The van der Waals surface area contributed by atoms with Gasteiger partial charge in [0.25, 0.3) is 0 Å². The normalized spacial score (nSPS) is 24.5. The molecular formula is C17H22FN5O2S. The second-order valence-corrected chi connectivity index (χ2v) is 7.72. The highest BCUT2D eigenvalue weighted by Crippen LogP contribution is 2.34. The largest absolute Gasteiger partial charge is 0.389 e. The van der Waals surface area contributed by atoms with Crippen molar-refractivity contribution < 1.29 is 14.2 Å². The van der Waals surface area contributed by atoms with Crippen LogP contribution in [0.4, 0.5) is 10.3 Å². The highest BCUT2D eigenvalue weighted by atomic mass is 32.1. The Morgan fingerprint density at radius 1 is 1.23 bits per heavy atom. The van der Waals surface area contributed by atoms with Gasteiger partial charge in [0.2, 0.25) is 5.95 Å². The molecular weight excluding hydrogens is 357 g/mol. The average Bonchev–Trinajstić information content (AvgIpc) is 3.16. The van der Waals surface area contributed by atoms with Gasteiger partial charge in [-0.2, -0.15) is 0 Å². The van der Waals surface area contributed by atoms with Crippen molar-refractivity contribution >= 4 is 17.3 Å². The van der Waals surface area contributed by atoms with Gasteiger partial charge < -0.3 is 20.5 Å². The molecule has 2 fully saturated rings. The van der Waals surface area contributed by atoms with E-state index in [9.17, 15) is 9.50 Å². The Hall–Kier alpha value is -1.68. The van der Waals surface area contributed by atoms with Crippen molar-refractivity contribution in [3.63, 3.8) is 0 Å². The van der Waals surface area contributed by atoms with Gasteiger partial charge in [-0.15, -0.1) is 11.3 Å². The van der Waals surface area contributed by atoms with Crippen LogP contribution in [0.25, 0.3) is 10.6 Å². The molecule has 0 spiro atoms. The summed E-state index contributed by atoms with van der Waals surface area (Å²) in [6.07, 6.45) is 4.98. The van der Waals surface area contributed by atoms with Crippen molar-refractivity contribution in [2.75, 3.05) is 31.6 Å². The van der Waals surface area contributed by atoms with Gasteiger partial charge in [-0.3, -0.25) is 0 Å². The Labute approximate surface area is 155 Å². The molecule has 0 unspecified atom stereocenters. The molecule has 0 bridgehead atoms. The first-order valence-corrected chi connectivity index (χ1v) is 9.74. The lowest BCUT2D eigenvalue weighted by Gasteiger charge is -2.28. The van der Waals surface area contributed by atoms with Crippen molar-refractivity contribution in [2.24, 2.45) is 0 Å². The maximum atomic E-state index is 14.3. The smallest absolute Gasteiger partial charge is 0.223 e. The van der Waals surface area contributed by atoms with Crippen LogP contribution in [0.1, 0.15) is 30.2 Å². The monoisotopic (exact) mass is 379 g/mol. The number of aliphatic hydroxyl groups is 1. The standard InChI is InChI=1S/C17H22FN5O2S/c18-11-7-21-17(22-12-3-6-25-9-13(12)24)23-15(11)14-8-20-16(26-14)10-1-4-19-5-2-10/h7-8,10,12-13,19,24H,1-6,9H2,(H,21,22,23)/t12-,13-/m1/s1. The lowest BCUT2D eigenvalue weighted by molar-refractivity contribution is -0.0136. The van der Waals surface area contributed by atoms with E-state index in [4.69, 9.17) is 4.74 Å². The summed E-state index contributed by atoms with van der Waals surface area (Å²) in [5.41, 5.74) is 0.252. The first kappa shape index (κ1) is 17.7. The zero-order valence-electron chi connectivity index (χ0n) is 14.3. The third-order valence-electron chi connectivity index (χ3n) is 4.83.